The monoisotopic (exact) mass is 623 g/mol. The molecule has 1 amide bonds. The van der Waals surface area contributed by atoms with E-state index in [0.717, 1.165) is 18.9 Å². The smallest absolute Gasteiger partial charge is 0.417 e. The number of amides is 1. The fourth-order valence-corrected chi connectivity index (χ4v) is 7.66. The number of phenols is 1. The molecular formula is C30H36F3N3O8. The minimum Gasteiger partial charge on any atom is -0.508 e. The van der Waals surface area contributed by atoms with Crippen LogP contribution in [0.5, 0.6) is 5.75 Å². The molecule has 1 aromatic rings. The van der Waals surface area contributed by atoms with Gasteiger partial charge < -0.3 is 31.3 Å². The van der Waals surface area contributed by atoms with Gasteiger partial charge in [0, 0.05) is 24.1 Å². The van der Waals surface area contributed by atoms with Crippen LogP contribution in [0.2, 0.25) is 0 Å². The van der Waals surface area contributed by atoms with Crippen molar-refractivity contribution >= 4 is 23.2 Å². The van der Waals surface area contributed by atoms with Gasteiger partial charge in [-0.2, -0.15) is 13.2 Å². The first-order valence-electron chi connectivity index (χ1n) is 14.2. The number of fused-ring (bicyclic) bond motifs is 3. The zero-order chi connectivity index (χ0) is 32.8. The maximum Gasteiger partial charge on any atom is 0.417 e. The van der Waals surface area contributed by atoms with Gasteiger partial charge in [0.15, 0.2) is 11.4 Å². The van der Waals surface area contributed by atoms with Crippen LogP contribution in [-0.2, 0) is 33.5 Å². The van der Waals surface area contributed by atoms with Crippen LogP contribution >= 0.6 is 0 Å². The predicted molar refractivity (Wildman–Crippen MR) is 149 cm³/mol. The third kappa shape index (κ3) is 4.53. The molecule has 4 aliphatic carbocycles. The minimum atomic E-state index is -4.95. The fourth-order valence-electron chi connectivity index (χ4n) is 7.66. The molecule has 0 saturated heterocycles. The van der Waals surface area contributed by atoms with Crippen molar-refractivity contribution in [3.05, 3.63) is 45.2 Å². The number of rotatable bonds is 7. The molecule has 11 nitrogen and oxygen atoms in total. The van der Waals surface area contributed by atoms with E-state index in [4.69, 9.17) is 5.73 Å². The van der Waals surface area contributed by atoms with Gasteiger partial charge in [-0.25, -0.2) is 0 Å². The summed E-state index contributed by atoms with van der Waals surface area (Å²) in [7, 11) is 4.44. The molecule has 7 N–H and O–H groups in total. The van der Waals surface area contributed by atoms with Crippen LogP contribution in [-0.4, -0.2) is 98.2 Å². The van der Waals surface area contributed by atoms with Crippen molar-refractivity contribution in [3.8, 4) is 5.75 Å². The average molecular weight is 624 g/mol. The van der Waals surface area contributed by atoms with E-state index in [2.05, 4.69) is 0 Å². The van der Waals surface area contributed by atoms with Gasteiger partial charge in [-0.3, -0.25) is 24.2 Å². The largest absolute Gasteiger partial charge is 0.508 e. The number of halogens is 3. The summed E-state index contributed by atoms with van der Waals surface area (Å²) in [6.45, 7) is 1.37. The number of aromatic hydroxyl groups is 1. The Balaban J connectivity index is 1.68. The zero-order valence-corrected chi connectivity index (χ0v) is 24.7. The quantitative estimate of drug-likeness (QED) is 0.244. The second kappa shape index (κ2) is 10.3. The van der Waals surface area contributed by atoms with Crippen LogP contribution in [0, 0.1) is 17.3 Å². The van der Waals surface area contributed by atoms with Crippen LogP contribution in [0.3, 0.4) is 0 Å². The highest BCUT2D eigenvalue weighted by molar-refractivity contribution is 6.24. The van der Waals surface area contributed by atoms with E-state index in [9.17, 15) is 53.1 Å². The number of nitrogens with two attached hydrogens (primary N) is 1. The summed E-state index contributed by atoms with van der Waals surface area (Å²) in [5.41, 5.74) is -1.85. The molecule has 0 radical (unpaired) electrons. The number of nitrogens with zero attached hydrogens (tertiary/aromatic N) is 2. The Hall–Kier alpha value is -3.46. The van der Waals surface area contributed by atoms with E-state index in [1.165, 1.54) is 19.0 Å². The van der Waals surface area contributed by atoms with E-state index in [1.807, 2.05) is 6.92 Å². The van der Waals surface area contributed by atoms with Crippen molar-refractivity contribution in [1.29, 1.82) is 0 Å². The Morgan fingerprint density at radius 3 is 2.27 bits per heavy atom. The normalized spacial score (nSPS) is 28.7. The van der Waals surface area contributed by atoms with Crippen molar-refractivity contribution in [2.75, 3.05) is 27.7 Å². The summed E-state index contributed by atoms with van der Waals surface area (Å²) in [5.74, 6) is -9.24. The van der Waals surface area contributed by atoms with Gasteiger partial charge in [0.25, 0.3) is 5.91 Å². The standard InChI is InChI=1S/C30H36F3N3O8/c1-28(5-6-28)17(11-37)36(4)10-13-9-16(38)19-14(21(13)30(31,32)33)7-12-8-15-22(35(2)3)24(40)20(27(34)43)26(42)29(15,44)25(41)18(12)23(19)39/h9,12,15,17,22,37-39,42,44H,5-8,10-11H2,1-4H3,(H2,34,43)/t12-,15-,17+,22-,29-/m0/s1. The van der Waals surface area contributed by atoms with Crippen LogP contribution in [0.1, 0.15) is 48.4 Å². The number of likely N-dealkylation sites (N-methyl/N-ethyl adjacent to an activating group) is 2. The number of aliphatic hydroxyl groups is 4. The number of primary amides is 1. The average Bonchev–Trinajstić information content (AvgIpc) is 3.62. The van der Waals surface area contributed by atoms with Crippen LogP contribution < -0.4 is 5.73 Å². The molecular weight excluding hydrogens is 587 g/mol. The third-order valence-electron chi connectivity index (χ3n) is 10.1. The highest BCUT2D eigenvalue weighted by atomic mass is 19.4. The molecule has 2 saturated carbocycles. The summed E-state index contributed by atoms with van der Waals surface area (Å²) < 4.78 is 44.4. The Morgan fingerprint density at radius 2 is 1.77 bits per heavy atom. The Bertz CT molecular complexity index is 1530. The van der Waals surface area contributed by atoms with E-state index in [1.54, 1.807) is 11.9 Å². The van der Waals surface area contributed by atoms with E-state index < -0.39 is 105 Å². The minimum absolute atomic E-state index is 0.262. The second-order valence-corrected chi connectivity index (χ2v) is 13.0. The number of carbonyl (C=O) groups is 3. The first-order valence-corrected chi connectivity index (χ1v) is 14.2. The number of alkyl halides is 3. The topological polar surface area (TPSA) is 185 Å². The molecule has 0 spiro atoms. The van der Waals surface area contributed by atoms with Gasteiger partial charge in [0.05, 0.1) is 23.8 Å². The lowest BCUT2D eigenvalue weighted by molar-refractivity contribution is -0.153. The van der Waals surface area contributed by atoms with Crippen molar-refractivity contribution in [2.24, 2.45) is 23.0 Å². The van der Waals surface area contributed by atoms with Crippen molar-refractivity contribution in [1.82, 2.24) is 9.80 Å². The van der Waals surface area contributed by atoms with Crippen LogP contribution in [0.15, 0.2) is 23.0 Å². The number of aliphatic hydroxyl groups excluding tert-OH is 3. The number of phenolic OH excluding ortho intramolecular Hbond substituents is 1. The molecule has 2 fully saturated rings. The maximum atomic E-state index is 14.8. The van der Waals surface area contributed by atoms with Crippen molar-refractivity contribution in [2.45, 2.75) is 63.0 Å². The SMILES string of the molecule is CN(C)[C@@H]1C(=O)C(C(N)=O)=C(O)[C@@]2(O)C(=O)C3=C(O)c4c(O)cc(CN(C)[C@H](CO)C5(C)CC5)c(C(F)(F)F)c4C[C@H]3C[C@@H]12. The van der Waals surface area contributed by atoms with Gasteiger partial charge in [0.1, 0.15) is 22.8 Å². The summed E-state index contributed by atoms with van der Waals surface area (Å²) in [6, 6.07) is -0.927. The number of benzene rings is 1. The molecule has 240 valence electrons. The van der Waals surface area contributed by atoms with E-state index in [-0.39, 0.29) is 30.6 Å². The molecule has 0 heterocycles. The summed E-state index contributed by atoms with van der Waals surface area (Å²) >= 11 is 0. The second-order valence-electron chi connectivity index (χ2n) is 13.0. The van der Waals surface area contributed by atoms with Crippen molar-refractivity contribution < 1.29 is 53.1 Å². The molecule has 0 unspecified atom stereocenters. The fraction of sp³-hybridized carbons (Fsp3) is 0.567. The first-order chi connectivity index (χ1) is 20.3. The van der Waals surface area contributed by atoms with Crippen LogP contribution in [0.4, 0.5) is 13.2 Å². The number of Topliss-reactive ketones (excluding diaryl/α,β-unsaturated/α-hetero) is 2. The van der Waals surface area contributed by atoms with Gasteiger partial charge in [-0.1, -0.05) is 6.92 Å². The number of ketones is 2. The molecule has 0 aromatic heterocycles. The van der Waals surface area contributed by atoms with Gasteiger partial charge in [0.2, 0.25) is 5.78 Å². The number of hydrogen-bond donors (Lipinski definition) is 6. The summed E-state index contributed by atoms with van der Waals surface area (Å²) in [6.07, 6.45) is -4.17. The molecule has 5 atom stereocenters. The summed E-state index contributed by atoms with van der Waals surface area (Å²) in [5, 5.41) is 54.9. The van der Waals surface area contributed by atoms with Gasteiger partial charge >= 0.3 is 6.18 Å². The number of carbonyl (C=O) groups excluding carboxylic acids is 3. The molecule has 44 heavy (non-hydrogen) atoms. The predicted octanol–water partition coefficient (Wildman–Crippen LogP) is 1.58. The zero-order valence-electron chi connectivity index (χ0n) is 24.7. The number of hydrogen-bond acceptors (Lipinski definition) is 10. The molecule has 5 rings (SSSR count). The Kier molecular flexibility index (Phi) is 7.47. The molecule has 4 aliphatic rings. The molecule has 1 aromatic carbocycles. The first kappa shape index (κ1) is 31.9. The maximum absolute atomic E-state index is 14.8. The lowest BCUT2D eigenvalue weighted by atomic mass is 9.57. The van der Waals surface area contributed by atoms with Gasteiger partial charge in [-0.15, -0.1) is 0 Å². The molecule has 0 aliphatic heterocycles. The lowest BCUT2D eigenvalue weighted by Crippen LogP contribution is -2.65. The highest BCUT2D eigenvalue weighted by Gasteiger charge is 2.64. The summed E-state index contributed by atoms with van der Waals surface area (Å²) in [4.78, 5) is 42.2. The van der Waals surface area contributed by atoms with Crippen LogP contribution in [0.25, 0.3) is 5.76 Å². The van der Waals surface area contributed by atoms with E-state index >= 15 is 0 Å². The van der Waals surface area contributed by atoms with E-state index in [0.29, 0.717) is 0 Å². The Labute approximate surface area is 251 Å². The van der Waals surface area contributed by atoms with Crippen molar-refractivity contribution in [3.63, 3.8) is 0 Å². The van der Waals surface area contributed by atoms with Gasteiger partial charge in [-0.05, 0) is 75.4 Å². The molecule has 14 heteroatoms. The highest BCUT2D eigenvalue weighted by Crippen LogP contribution is 2.55. The molecule has 0 bridgehead atoms. The third-order valence-corrected chi connectivity index (χ3v) is 10.1. The lowest BCUT2D eigenvalue weighted by Gasteiger charge is -2.50. The Morgan fingerprint density at radius 1 is 1.16 bits per heavy atom.